The van der Waals surface area contributed by atoms with Crippen molar-refractivity contribution in [2.45, 2.75) is 39.2 Å². The van der Waals surface area contributed by atoms with Crippen LogP contribution in [0, 0.1) is 5.82 Å². The molecule has 0 amide bonds. The molecule has 0 saturated heterocycles. The molecular weight excluding hydrogens is 353 g/mol. The Bertz CT molecular complexity index is 713. The second-order valence-corrected chi connectivity index (χ2v) is 7.19. The van der Waals surface area contributed by atoms with E-state index in [0.717, 1.165) is 37.6 Å². The van der Waals surface area contributed by atoms with Crippen LogP contribution in [0.15, 0.2) is 41.9 Å². The number of aliphatic imine (C=N–C) groups is 1. The van der Waals surface area contributed by atoms with E-state index in [-0.39, 0.29) is 11.2 Å². The molecular formula is C19H27ClFN5. The molecule has 0 fully saturated rings. The highest BCUT2D eigenvalue weighted by Gasteiger charge is 2.23. The van der Waals surface area contributed by atoms with Crippen molar-refractivity contribution in [1.29, 1.82) is 0 Å². The minimum Gasteiger partial charge on any atom is -0.357 e. The summed E-state index contributed by atoms with van der Waals surface area (Å²) in [6.45, 7) is 9.17. The first-order chi connectivity index (χ1) is 12.4. The van der Waals surface area contributed by atoms with Gasteiger partial charge in [-0.2, -0.15) is 0 Å². The molecule has 5 nitrogen and oxygen atoms in total. The molecule has 0 unspecified atom stereocenters. The summed E-state index contributed by atoms with van der Waals surface area (Å²) in [6.07, 6.45) is 6.51. The van der Waals surface area contributed by atoms with Crippen molar-refractivity contribution in [3.05, 3.63) is 53.3 Å². The van der Waals surface area contributed by atoms with E-state index >= 15 is 0 Å². The Labute approximate surface area is 159 Å². The van der Waals surface area contributed by atoms with Crippen LogP contribution in [-0.4, -0.2) is 35.1 Å². The SMILES string of the molecule is CCNC(=NCC(C)(C)c1ccc(F)cc1Cl)NCCCn1ccnc1. The molecule has 0 bridgehead atoms. The molecule has 2 aromatic rings. The Balaban J connectivity index is 1.93. The fourth-order valence-electron chi connectivity index (χ4n) is 2.63. The van der Waals surface area contributed by atoms with E-state index in [1.807, 2.05) is 24.0 Å². The number of hydrogen-bond acceptors (Lipinski definition) is 2. The fourth-order valence-corrected chi connectivity index (χ4v) is 3.05. The first-order valence-electron chi connectivity index (χ1n) is 8.86. The highest BCUT2D eigenvalue weighted by Crippen LogP contribution is 2.30. The minimum absolute atomic E-state index is 0.302. The van der Waals surface area contributed by atoms with Crippen LogP contribution in [0.5, 0.6) is 0 Å². The summed E-state index contributed by atoms with van der Waals surface area (Å²) in [5, 5.41) is 7.03. The molecule has 0 atom stereocenters. The van der Waals surface area contributed by atoms with Gasteiger partial charge < -0.3 is 15.2 Å². The Hall–Kier alpha value is -2.08. The van der Waals surface area contributed by atoms with Gasteiger partial charge >= 0.3 is 0 Å². The van der Waals surface area contributed by atoms with Gasteiger partial charge in [0.15, 0.2) is 5.96 Å². The van der Waals surface area contributed by atoms with Gasteiger partial charge in [0.2, 0.25) is 0 Å². The van der Waals surface area contributed by atoms with E-state index in [9.17, 15) is 4.39 Å². The number of halogens is 2. The molecule has 26 heavy (non-hydrogen) atoms. The summed E-state index contributed by atoms with van der Waals surface area (Å²) >= 11 is 6.21. The van der Waals surface area contributed by atoms with Crippen LogP contribution in [0.4, 0.5) is 4.39 Å². The normalized spacial score (nSPS) is 12.3. The second-order valence-electron chi connectivity index (χ2n) is 6.78. The predicted molar refractivity (Wildman–Crippen MR) is 105 cm³/mol. The Morgan fingerprint density at radius 1 is 1.35 bits per heavy atom. The van der Waals surface area contributed by atoms with Crippen LogP contribution in [0.2, 0.25) is 5.02 Å². The maximum atomic E-state index is 13.3. The first-order valence-corrected chi connectivity index (χ1v) is 9.23. The number of guanidine groups is 1. The number of aryl methyl sites for hydroxylation is 1. The van der Waals surface area contributed by atoms with Gasteiger partial charge in [0.05, 0.1) is 12.9 Å². The molecule has 0 aliphatic rings. The number of nitrogens with one attached hydrogen (secondary N) is 2. The Morgan fingerprint density at radius 2 is 2.15 bits per heavy atom. The molecule has 0 saturated carbocycles. The molecule has 0 aliphatic carbocycles. The van der Waals surface area contributed by atoms with Crippen molar-refractivity contribution < 1.29 is 4.39 Å². The average Bonchev–Trinajstić information content (AvgIpc) is 3.09. The van der Waals surface area contributed by atoms with E-state index in [0.29, 0.717) is 11.6 Å². The molecule has 2 rings (SSSR count). The summed E-state index contributed by atoms with van der Waals surface area (Å²) in [7, 11) is 0. The lowest BCUT2D eigenvalue weighted by atomic mass is 9.84. The molecule has 1 heterocycles. The first kappa shape index (κ1) is 20.2. The monoisotopic (exact) mass is 379 g/mol. The van der Waals surface area contributed by atoms with Crippen molar-refractivity contribution in [2.24, 2.45) is 4.99 Å². The number of rotatable bonds is 8. The zero-order valence-electron chi connectivity index (χ0n) is 15.6. The largest absolute Gasteiger partial charge is 0.357 e. The topological polar surface area (TPSA) is 54.2 Å². The van der Waals surface area contributed by atoms with Crippen molar-refractivity contribution in [1.82, 2.24) is 20.2 Å². The number of aromatic nitrogens is 2. The average molecular weight is 380 g/mol. The van der Waals surface area contributed by atoms with Gasteiger partial charge in [-0.3, -0.25) is 4.99 Å². The number of benzene rings is 1. The zero-order valence-corrected chi connectivity index (χ0v) is 16.4. The Morgan fingerprint density at radius 3 is 2.81 bits per heavy atom. The van der Waals surface area contributed by atoms with E-state index < -0.39 is 0 Å². The van der Waals surface area contributed by atoms with E-state index in [2.05, 4.69) is 34.5 Å². The minimum atomic E-state index is -0.328. The standard InChI is InChI=1S/C19H27ClFN5/c1-4-23-18(24-8-5-10-26-11-9-22-14-26)25-13-19(2,3)16-7-6-15(21)12-17(16)20/h6-7,9,11-12,14H,4-5,8,10,13H2,1-3H3,(H2,23,24,25). The number of imidazole rings is 1. The fraction of sp³-hybridized carbons (Fsp3) is 0.474. The molecule has 1 aromatic heterocycles. The summed E-state index contributed by atoms with van der Waals surface area (Å²) < 4.78 is 15.3. The number of nitrogens with zero attached hydrogens (tertiary/aromatic N) is 3. The summed E-state index contributed by atoms with van der Waals surface area (Å²) in [5.41, 5.74) is 0.587. The van der Waals surface area contributed by atoms with Gasteiger partial charge in [0.25, 0.3) is 0 Å². The van der Waals surface area contributed by atoms with E-state index in [1.165, 1.54) is 12.1 Å². The smallest absolute Gasteiger partial charge is 0.191 e. The highest BCUT2D eigenvalue weighted by molar-refractivity contribution is 6.31. The van der Waals surface area contributed by atoms with Gasteiger partial charge in [-0.15, -0.1) is 0 Å². The third-order valence-electron chi connectivity index (χ3n) is 4.08. The molecule has 2 N–H and O–H groups in total. The van der Waals surface area contributed by atoms with Crippen molar-refractivity contribution in [3.63, 3.8) is 0 Å². The Kier molecular flexibility index (Phi) is 7.45. The van der Waals surface area contributed by atoms with Gasteiger partial charge in [0.1, 0.15) is 5.82 Å². The van der Waals surface area contributed by atoms with Gasteiger partial charge in [0, 0.05) is 42.5 Å². The molecule has 1 aromatic carbocycles. The van der Waals surface area contributed by atoms with Crippen LogP contribution < -0.4 is 10.6 Å². The van der Waals surface area contributed by atoms with Gasteiger partial charge in [-0.25, -0.2) is 9.37 Å². The van der Waals surface area contributed by atoms with E-state index in [4.69, 9.17) is 11.6 Å². The van der Waals surface area contributed by atoms with Crippen LogP contribution in [0.3, 0.4) is 0 Å². The summed E-state index contributed by atoms with van der Waals surface area (Å²) in [5.74, 6) is 0.440. The maximum absolute atomic E-state index is 13.3. The molecule has 0 radical (unpaired) electrons. The molecule has 0 spiro atoms. The highest BCUT2D eigenvalue weighted by atomic mass is 35.5. The lowest BCUT2D eigenvalue weighted by molar-refractivity contribution is 0.534. The quantitative estimate of drug-likeness (QED) is 0.418. The van der Waals surface area contributed by atoms with Crippen molar-refractivity contribution >= 4 is 17.6 Å². The van der Waals surface area contributed by atoms with Crippen LogP contribution >= 0.6 is 11.6 Å². The number of hydrogen-bond donors (Lipinski definition) is 2. The third kappa shape index (κ3) is 6.02. The molecule has 142 valence electrons. The molecule has 0 aliphatic heterocycles. The lowest BCUT2D eigenvalue weighted by Gasteiger charge is -2.25. The van der Waals surface area contributed by atoms with Crippen molar-refractivity contribution in [2.75, 3.05) is 19.6 Å². The lowest BCUT2D eigenvalue weighted by Crippen LogP contribution is -2.39. The van der Waals surface area contributed by atoms with Crippen molar-refractivity contribution in [3.8, 4) is 0 Å². The molecule has 7 heteroatoms. The van der Waals surface area contributed by atoms with Gasteiger partial charge in [-0.1, -0.05) is 31.5 Å². The van der Waals surface area contributed by atoms with E-state index in [1.54, 1.807) is 12.3 Å². The third-order valence-corrected chi connectivity index (χ3v) is 4.39. The predicted octanol–water partition coefficient (Wildman–Crippen LogP) is 3.60. The van der Waals surface area contributed by atoms with Crippen LogP contribution in [0.1, 0.15) is 32.8 Å². The zero-order chi connectivity index (χ0) is 19.0. The maximum Gasteiger partial charge on any atom is 0.191 e. The van der Waals surface area contributed by atoms with Crippen LogP contribution in [-0.2, 0) is 12.0 Å². The van der Waals surface area contributed by atoms with Crippen LogP contribution in [0.25, 0.3) is 0 Å². The summed E-state index contributed by atoms with van der Waals surface area (Å²) in [6, 6.07) is 4.52. The second kappa shape index (κ2) is 9.57. The summed E-state index contributed by atoms with van der Waals surface area (Å²) in [4.78, 5) is 8.72. The van der Waals surface area contributed by atoms with Gasteiger partial charge in [-0.05, 0) is 31.0 Å².